The van der Waals surface area contributed by atoms with Gasteiger partial charge in [-0.25, -0.2) is 9.78 Å². The fourth-order valence-corrected chi connectivity index (χ4v) is 2.12. The topological polar surface area (TPSA) is 88.5 Å². The number of benzene rings is 1. The van der Waals surface area contributed by atoms with Gasteiger partial charge < -0.3 is 15.2 Å². The first-order valence-electron chi connectivity index (χ1n) is 7.77. The highest BCUT2D eigenvalue weighted by Crippen LogP contribution is 2.24. The summed E-state index contributed by atoms with van der Waals surface area (Å²) >= 11 is 0. The number of nitrogens with zero attached hydrogens (tertiary/aromatic N) is 1. The van der Waals surface area contributed by atoms with Gasteiger partial charge in [0.25, 0.3) is 5.91 Å². The van der Waals surface area contributed by atoms with Crippen LogP contribution >= 0.6 is 0 Å². The van der Waals surface area contributed by atoms with E-state index in [2.05, 4.69) is 17.2 Å². The van der Waals surface area contributed by atoms with Crippen molar-refractivity contribution < 1.29 is 19.4 Å². The summed E-state index contributed by atoms with van der Waals surface area (Å²) in [6, 6.07) is 9.94. The lowest BCUT2D eigenvalue weighted by atomic mass is 10.2. The van der Waals surface area contributed by atoms with E-state index < -0.39 is 11.9 Å². The van der Waals surface area contributed by atoms with Crippen LogP contribution in [-0.2, 0) is 0 Å². The van der Waals surface area contributed by atoms with E-state index in [9.17, 15) is 9.59 Å². The van der Waals surface area contributed by atoms with E-state index in [1.165, 1.54) is 12.1 Å². The molecule has 6 nitrogen and oxygen atoms in total. The van der Waals surface area contributed by atoms with E-state index in [0.717, 1.165) is 12.8 Å². The molecule has 1 aromatic carbocycles. The number of carbonyl (C=O) groups excluding carboxylic acids is 1. The number of nitrogens with one attached hydrogen (secondary N) is 1. The summed E-state index contributed by atoms with van der Waals surface area (Å²) in [6.07, 6.45) is 1.95. The molecule has 0 aliphatic carbocycles. The van der Waals surface area contributed by atoms with Gasteiger partial charge in [-0.2, -0.15) is 0 Å². The molecule has 1 amide bonds. The molecule has 24 heavy (non-hydrogen) atoms. The second-order valence-corrected chi connectivity index (χ2v) is 5.29. The van der Waals surface area contributed by atoms with Crippen molar-refractivity contribution in [1.82, 2.24) is 4.98 Å². The molecule has 0 fully saturated rings. The third kappa shape index (κ3) is 4.32. The molecular weight excluding hydrogens is 308 g/mol. The number of rotatable bonds is 7. The molecule has 2 aromatic rings. The number of amides is 1. The van der Waals surface area contributed by atoms with Gasteiger partial charge in [0.15, 0.2) is 0 Å². The van der Waals surface area contributed by atoms with Gasteiger partial charge in [0.1, 0.15) is 11.4 Å². The number of carboxylic acid groups (broad SMARTS) is 1. The quantitative estimate of drug-likeness (QED) is 0.759. The maximum atomic E-state index is 12.4. The van der Waals surface area contributed by atoms with E-state index in [1.807, 2.05) is 6.07 Å². The van der Waals surface area contributed by atoms with Crippen molar-refractivity contribution in [1.29, 1.82) is 0 Å². The van der Waals surface area contributed by atoms with Crippen molar-refractivity contribution in [3.63, 3.8) is 0 Å². The van der Waals surface area contributed by atoms with Crippen LogP contribution in [0, 0.1) is 6.92 Å². The first kappa shape index (κ1) is 17.5. The fourth-order valence-electron chi connectivity index (χ4n) is 2.12. The Hall–Kier alpha value is -2.89. The highest BCUT2D eigenvalue weighted by Gasteiger charge is 2.14. The number of aromatic nitrogens is 1. The summed E-state index contributed by atoms with van der Waals surface area (Å²) < 4.78 is 5.68. The molecule has 0 saturated heterocycles. The van der Waals surface area contributed by atoms with Gasteiger partial charge in [-0.05, 0) is 37.6 Å². The monoisotopic (exact) mass is 328 g/mol. The van der Waals surface area contributed by atoms with E-state index >= 15 is 0 Å². The lowest BCUT2D eigenvalue weighted by molar-refractivity contribution is 0.0695. The molecule has 0 spiro atoms. The number of hydrogen-bond acceptors (Lipinski definition) is 4. The lowest BCUT2D eigenvalue weighted by Crippen LogP contribution is -2.16. The number of ether oxygens (including phenoxy) is 1. The summed E-state index contributed by atoms with van der Waals surface area (Å²) in [5.41, 5.74) is 1.08. The Morgan fingerprint density at radius 2 is 1.96 bits per heavy atom. The Morgan fingerprint density at radius 1 is 1.21 bits per heavy atom. The number of pyridine rings is 1. The average molecular weight is 328 g/mol. The zero-order valence-corrected chi connectivity index (χ0v) is 13.7. The van der Waals surface area contributed by atoms with Crippen molar-refractivity contribution in [3.05, 3.63) is 53.3 Å². The van der Waals surface area contributed by atoms with Crippen molar-refractivity contribution in [2.45, 2.75) is 26.7 Å². The number of hydrogen-bond donors (Lipinski definition) is 2. The molecule has 0 aliphatic rings. The van der Waals surface area contributed by atoms with Gasteiger partial charge >= 0.3 is 5.97 Å². The van der Waals surface area contributed by atoms with Crippen molar-refractivity contribution in [2.24, 2.45) is 0 Å². The minimum Gasteiger partial charge on any atom is -0.491 e. The molecule has 0 aliphatic heterocycles. The third-order valence-electron chi connectivity index (χ3n) is 3.44. The lowest BCUT2D eigenvalue weighted by Gasteiger charge is -2.12. The van der Waals surface area contributed by atoms with Crippen molar-refractivity contribution in [3.8, 4) is 5.75 Å². The molecule has 6 heteroatoms. The van der Waals surface area contributed by atoms with Gasteiger partial charge in [0, 0.05) is 0 Å². The fraction of sp³-hybridized carbons (Fsp3) is 0.278. The maximum absolute atomic E-state index is 12.4. The number of aryl methyl sites for hydroxylation is 1. The Labute approximate surface area is 140 Å². The Bertz CT molecular complexity index is 744. The minimum absolute atomic E-state index is 0.0786. The summed E-state index contributed by atoms with van der Waals surface area (Å²) in [4.78, 5) is 27.4. The van der Waals surface area contributed by atoms with E-state index in [4.69, 9.17) is 9.84 Å². The Balaban J connectivity index is 2.15. The normalized spacial score (nSPS) is 10.2. The zero-order chi connectivity index (χ0) is 17.5. The van der Waals surface area contributed by atoms with Crippen LogP contribution in [0.4, 0.5) is 5.69 Å². The minimum atomic E-state index is -1.07. The first-order valence-corrected chi connectivity index (χ1v) is 7.77. The molecule has 0 atom stereocenters. The van der Waals surface area contributed by atoms with Crippen LogP contribution in [0.2, 0.25) is 0 Å². The molecule has 1 aromatic heterocycles. The van der Waals surface area contributed by atoms with Crippen LogP contribution < -0.4 is 10.1 Å². The molecule has 126 valence electrons. The van der Waals surface area contributed by atoms with E-state index in [0.29, 0.717) is 23.7 Å². The number of carboxylic acids is 1. The summed E-state index contributed by atoms with van der Waals surface area (Å²) in [5, 5.41) is 11.8. The second kappa shape index (κ2) is 8.10. The SMILES string of the molecule is CCCCOc1ccccc1NC(=O)c1ccc(C(=O)O)c(C)n1. The highest BCUT2D eigenvalue weighted by molar-refractivity contribution is 6.04. The summed E-state index contributed by atoms with van der Waals surface area (Å²) in [6.45, 7) is 4.21. The van der Waals surface area contributed by atoms with Crippen LogP contribution in [0.25, 0.3) is 0 Å². The molecule has 2 rings (SSSR count). The molecule has 1 heterocycles. The Morgan fingerprint density at radius 3 is 2.62 bits per heavy atom. The number of aromatic carboxylic acids is 1. The summed E-state index contributed by atoms with van der Waals surface area (Å²) in [7, 11) is 0. The standard InChI is InChI=1S/C18H20N2O4/c1-3-4-11-24-16-8-6-5-7-14(16)20-17(21)15-10-9-13(18(22)23)12(2)19-15/h5-10H,3-4,11H2,1-2H3,(H,20,21)(H,22,23). The van der Waals surface area contributed by atoms with Gasteiger partial charge in [0.2, 0.25) is 0 Å². The van der Waals surface area contributed by atoms with Crippen LogP contribution in [0.15, 0.2) is 36.4 Å². The smallest absolute Gasteiger partial charge is 0.337 e. The second-order valence-electron chi connectivity index (χ2n) is 5.29. The van der Waals surface area contributed by atoms with Crippen molar-refractivity contribution in [2.75, 3.05) is 11.9 Å². The zero-order valence-electron chi connectivity index (χ0n) is 13.7. The Kier molecular flexibility index (Phi) is 5.89. The predicted octanol–water partition coefficient (Wildman–Crippen LogP) is 3.52. The van der Waals surface area contributed by atoms with Crippen LogP contribution in [0.5, 0.6) is 5.75 Å². The highest BCUT2D eigenvalue weighted by atomic mass is 16.5. The van der Waals surface area contributed by atoms with Crippen LogP contribution in [-0.4, -0.2) is 28.6 Å². The van der Waals surface area contributed by atoms with Crippen LogP contribution in [0.3, 0.4) is 0 Å². The molecule has 0 unspecified atom stereocenters. The van der Waals surface area contributed by atoms with Crippen LogP contribution in [0.1, 0.15) is 46.3 Å². The summed E-state index contributed by atoms with van der Waals surface area (Å²) in [5.74, 6) is -0.888. The van der Waals surface area contributed by atoms with Gasteiger partial charge in [-0.3, -0.25) is 4.79 Å². The number of unbranched alkanes of at least 4 members (excludes halogenated alkanes) is 1. The predicted molar refractivity (Wildman–Crippen MR) is 90.7 cm³/mol. The average Bonchev–Trinajstić information content (AvgIpc) is 2.56. The third-order valence-corrected chi connectivity index (χ3v) is 3.44. The van der Waals surface area contributed by atoms with Gasteiger partial charge in [-0.1, -0.05) is 25.5 Å². The van der Waals surface area contributed by atoms with E-state index in [1.54, 1.807) is 25.1 Å². The van der Waals surface area contributed by atoms with Gasteiger partial charge in [0.05, 0.1) is 23.6 Å². The van der Waals surface area contributed by atoms with Gasteiger partial charge in [-0.15, -0.1) is 0 Å². The number of para-hydroxylation sites is 2. The largest absolute Gasteiger partial charge is 0.491 e. The number of anilines is 1. The van der Waals surface area contributed by atoms with E-state index in [-0.39, 0.29) is 11.3 Å². The molecule has 0 bridgehead atoms. The van der Waals surface area contributed by atoms with Crippen molar-refractivity contribution >= 4 is 17.6 Å². The molecular formula is C18H20N2O4. The maximum Gasteiger partial charge on any atom is 0.337 e. The molecule has 2 N–H and O–H groups in total. The molecule has 0 radical (unpaired) electrons. The first-order chi connectivity index (χ1) is 11.5. The number of carbonyl (C=O) groups is 2. The molecule has 0 saturated carbocycles.